The Balaban J connectivity index is 1.68. The molecule has 0 radical (unpaired) electrons. The number of aromatic nitrogens is 1. The van der Waals surface area contributed by atoms with Crippen LogP contribution in [0.2, 0.25) is 5.02 Å². The summed E-state index contributed by atoms with van der Waals surface area (Å²) >= 11 is 6.37. The molecule has 1 N–H and O–H groups in total. The van der Waals surface area contributed by atoms with Crippen LogP contribution in [0.1, 0.15) is 53.4 Å². The molecule has 34 heavy (non-hydrogen) atoms. The second-order valence-corrected chi connectivity index (χ2v) is 11.5. The number of amides is 1. The van der Waals surface area contributed by atoms with Gasteiger partial charge >= 0.3 is 0 Å². The second kappa shape index (κ2) is 8.56. The Hall–Kier alpha value is -3.16. The number of halogens is 1. The second-order valence-electron chi connectivity index (χ2n) is 9.43. The van der Waals surface area contributed by atoms with Crippen LogP contribution in [0.25, 0.3) is 5.70 Å². The summed E-state index contributed by atoms with van der Waals surface area (Å²) in [5.74, 6) is -0.331. The smallest absolute Gasteiger partial charge is 0.261 e. The molecule has 1 aliphatic heterocycles. The van der Waals surface area contributed by atoms with Gasteiger partial charge in [0, 0.05) is 23.7 Å². The molecule has 3 aromatic rings. The zero-order chi connectivity index (χ0) is 24.8. The van der Waals surface area contributed by atoms with E-state index in [9.17, 15) is 13.2 Å². The number of carbonyl (C=O) groups excluding carboxylic acids is 1. The molecule has 0 saturated carbocycles. The molecule has 0 atom stereocenters. The standard InChI is InChI=1S/C26H26ClN3O3S/c1-16-12-18(14-28-13-16)15-30-17(2)23-22(11-10-21(27)24(23)25(30)31)29-34(32,33)20-8-6-19(7-9-20)26(3,4)5/h6-14,29H,2,15H2,1,3-5H3. The van der Waals surface area contributed by atoms with Gasteiger partial charge in [0.05, 0.1) is 27.7 Å². The zero-order valence-corrected chi connectivity index (χ0v) is 21.1. The molecule has 0 spiro atoms. The van der Waals surface area contributed by atoms with Gasteiger partial charge in [0.25, 0.3) is 15.9 Å². The van der Waals surface area contributed by atoms with Gasteiger partial charge in [-0.2, -0.15) is 0 Å². The molecule has 2 heterocycles. The van der Waals surface area contributed by atoms with E-state index in [2.05, 4.69) is 37.1 Å². The molecule has 8 heteroatoms. The molecule has 0 saturated heterocycles. The summed E-state index contributed by atoms with van der Waals surface area (Å²) in [4.78, 5) is 19.0. The van der Waals surface area contributed by atoms with Crippen molar-refractivity contribution < 1.29 is 13.2 Å². The third kappa shape index (κ3) is 4.45. The van der Waals surface area contributed by atoms with Crippen molar-refractivity contribution in [1.82, 2.24) is 9.88 Å². The lowest BCUT2D eigenvalue weighted by Gasteiger charge is -2.20. The first-order chi connectivity index (χ1) is 15.9. The van der Waals surface area contributed by atoms with Crippen LogP contribution in [0.4, 0.5) is 5.69 Å². The van der Waals surface area contributed by atoms with Crippen molar-refractivity contribution in [2.45, 2.75) is 44.6 Å². The van der Waals surface area contributed by atoms with Crippen molar-refractivity contribution in [3.8, 4) is 0 Å². The molecular weight excluding hydrogens is 470 g/mol. The lowest BCUT2D eigenvalue weighted by Crippen LogP contribution is -2.22. The van der Waals surface area contributed by atoms with Gasteiger partial charge in [0.2, 0.25) is 0 Å². The fourth-order valence-electron chi connectivity index (χ4n) is 3.96. The Labute approximate surface area is 205 Å². The summed E-state index contributed by atoms with van der Waals surface area (Å²) in [6.45, 7) is 12.4. The van der Waals surface area contributed by atoms with Crippen molar-refractivity contribution in [2.24, 2.45) is 0 Å². The minimum Gasteiger partial charge on any atom is -0.304 e. The SMILES string of the molecule is C=C1c2c(NS(=O)(=O)c3ccc(C(C)(C)C)cc3)ccc(Cl)c2C(=O)N1Cc1cncc(C)c1. The molecule has 1 aliphatic rings. The van der Waals surface area contributed by atoms with E-state index in [0.29, 0.717) is 11.3 Å². The largest absolute Gasteiger partial charge is 0.304 e. The maximum Gasteiger partial charge on any atom is 0.261 e. The summed E-state index contributed by atoms with van der Waals surface area (Å²) in [7, 11) is -3.91. The molecule has 4 rings (SSSR count). The van der Waals surface area contributed by atoms with Gasteiger partial charge in [-0.05, 0) is 53.3 Å². The number of aryl methyl sites for hydroxylation is 1. The normalized spacial score (nSPS) is 13.9. The Morgan fingerprint density at radius 2 is 1.74 bits per heavy atom. The highest BCUT2D eigenvalue weighted by atomic mass is 35.5. The van der Waals surface area contributed by atoms with Crippen LogP contribution in [-0.2, 0) is 22.0 Å². The number of carbonyl (C=O) groups is 1. The van der Waals surface area contributed by atoms with Gasteiger partial charge < -0.3 is 4.90 Å². The number of pyridine rings is 1. The third-order valence-corrected chi connectivity index (χ3v) is 7.47. The summed E-state index contributed by atoms with van der Waals surface area (Å²) in [5.41, 5.74) is 3.98. The topological polar surface area (TPSA) is 79.4 Å². The fraction of sp³-hybridized carbons (Fsp3) is 0.231. The molecule has 1 aromatic heterocycles. The molecule has 6 nitrogen and oxygen atoms in total. The first-order valence-corrected chi connectivity index (χ1v) is 12.6. The van der Waals surface area contributed by atoms with Crippen LogP contribution in [0.3, 0.4) is 0 Å². The lowest BCUT2D eigenvalue weighted by atomic mass is 9.87. The van der Waals surface area contributed by atoms with Crippen LogP contribution >= 0.6 is 11.6 Å². The number of rotatable bonds is 5. The van der Waals surface area contributed by atoms with Gasteiger partial charge in [-0.25, -0.2) is 8.42 Å². The minimum absolute atomic E-state index is 0.0961. The highest BCUT2D eigenvalue weighted by molar-refractivity contribution is 7.92. The van der Waals surface area contributed by atoms with E-state index in [-0.39, 0.29) is 39.0 Å². The summed E-state index contributed by atoms with van der Waals surface area (Å²) in [6.07, 6.45) is 3.42. The average Bonchev–Trinajstić information content (AvgIpc) is 3.01. The number of benzene rings is 2. The highest BCUT2D eigenvalue weighted by Crippen LogP contribution is 2.42. The fourth-order valence-corrected chi connectivity index (χ4v) is 5.27. The summed E-state index contributed by atoms with van der Waals surface area (Å²) < 4.78 is 29.0. The van der Waals surface area contributed by atoms with E-state index in [1.807, 2.05) is 13.0 Å². The van der Waals surface area contributed by atoms with Gasteiger partial charge in [-0.15, -0.1) is 0 Å². The van der Waals surface area contributed by atoms with Crippen molar-refractivity contribution in [3.63, 3.8) is 0 Å². The number of hydrogen-bond acceptors (Lipinski definition) is 4. The van der Waals surface area contributed by atoms with Crippen molar-refractivity contribution in [1.29, 1.82) is 0 Å². The quantitative estimate of drug-likeness (QED) is 0.487. The monoisotopic (exact) mass is 495 g/mol. The Morgan fingerprint density at radius 1 is 1.06 bits per heavy atom. The molecule has 0 bridgehead atoms. The van der Waals surface area contributed by atoms with E-state index in [0.717, 1.165) is 16.7 Å². The van der Waals surface area contributed by atoms with Crippen molar-refractivity contribution in [3.05, 3.63) is 94.3 Å². The number of fused-ring (bicyclic) bond motifs is 1. The van der Waals surface area contributed by atoms with Crippen molar-refractivity contribution >= 4 is 38.9 Å². The highest BCUT2D eigenvalue weighted by Gasteiger charge is 2.36. The Bertz CT molecular complexity index is 1410. The van der Waals surface area contributed by atoms with Crippen molar-refractivity contribution in [2.75, 3.05) is 4.72 Å². The number of hydrogen-bond donors (Lipinski definition) is 1. The summed E-state index contributed by atoms with van der Waals surface area (Å²) in [5, 5.41) is 0.239. The van der Waals surface area contributed by atoms with Crippen LogP contribution < -0.4 is 4.72 Å². The molecule has 1 amide bonds. The number of sulfonamides is 1. The first-order valence-electron chi connectivity index (χ1n) is 10.8. The van der Waals surface area contributed by atoms with E-state index in [4.69, 9.17) is 11.6 Å². The first kappa shape index (κ1) is 24.0. The number of anilines is 1. The van der Waals surface area contributed by atoms with E-state index >= 15 is 0 Å². The number of nitrogens with zero attached hydrogens (tertiary/aromatic N) is 2. The third-order valence-electron chi connectivity index (χ3n) is 5.78. The van der Waals surface area contributed by atoms with Crippen LogP contribution in [-0.4, -0.2) is 24.2 Å². The van der Waals surface area contributed by atoms with Crippen LogP contribution in [0, 0.1) is 6.92 Å². The molecule has 0 aliphatic carbocycles. The predicted molar refractivity (Wildman–Crippen MR) is 135 cm³/mol. The maximum atomic E-state index is 13.2. The molecular formula is C26H26ClN3O3S. The Kier molecular flexibility index (Phi) is 6.04. The lowest BCUT2D eigenvalue weighted by molar-refractivity contribution is 0.0843. The van der Waals surface area contributed by atoms with Crippen LogP contribution in [0.5, 0.6) is 0 Å². The van der Waals surface area contributed by atoms with E-state index in [1.54, 1.807) is 42.7 Å². The van der Waals surface area contributed by atoms with Crippen LogP contribution in [0.15, 0.2) is 66.3 Å². The number of nitrogens with one attached hydrogen (secondary N) is 1. The Morgan fingerprint density at radius 3 is 2.35 bits per heavy atom. The molecule has 0 fully saturated rings. The molecule has 176 valence electrons. The predicted octanol–water partition coefficient (Wildman–Crippen LogP) is 5.77. The van der Waals surface area contributed by atoms with E-state index in [1.165, 1.54) is 11.0 Å². The van der Waals surface area contributed by atoms with E-state index < -0.39 is 10.0 Å². The molecule has 0 unspecified atom stereocenters. The summed E-state index contributed by atoms with van der Waals surface area (Å²) in [6, 6.07) is 11.8. The average molecular weight is 496 g/mol. The van der Waals surface area contributed by atoms with Gasteiger partial charge in [-0.1, -0.05) is 57.2 Å². The van der Waals surface area contributed by atoms with Gasteiger partial charge in [0.1, 0.15) is 0 Å². The van der Waals surface area contributed by atoms with Gasteiger partial charge in [0.15, 0.2) is 0 Å². The maximum absolute atomic E-state index is 13.2. The minimum atomic E-state index is -3.91. The van der Waals surface area contributed by atoms with Gasteiger partial charge in [-0.3, -0.25) is 14.5 Å². The zero-order valence-electron chi connectivity index (χ0n) is 19.5. The molecule has 2 aromatic carbocycles.